The average Bonchev–Trinajstić information content (AvgIpc) is 2.68. The zero-order valence-corrected chi connectivity index (χ0v) is 16.6. The zero-order valence-electron chi connectivity index (χ0n) is 15.8. The summed E-state index contributed by atoms with van der Waals surface area (Å²) in [5.74, 6) is -0.290. The molecule has 0 saturated heterocycles. The number of benzene rings is 3. The standard InChI is InChI=1S/C22H22N2O3S/c1-16-6-8-18(9-7-16)15-23-28(26,27)21-12-10-19(11-13-21)22(25)24-20-5-3-4-17(2)14-20/h3-14,23H,15H2,1-2H3,(H,24,25). The molecule has 3 aromatic rings. The van der Waals surface area contributed by atoms with Gasteiger partial charge in [-0.3, -0.25) is 4.79 Å². The summed E-state index contributed by atoms with van der Waals surface area (Å²) in [6.07, 6.45) is 0. The van der Waals surface area contributed by atoms with Crippen LogP contribution in [0.15, 0.2) is 77.7 Å². The van der Waals surface area contributed by atoms with Crippen molar-refractivity contribution in [3.63, 3.8) is 0 Å². The second kappa shape index (κ2) is 8.37. The summed E-state index contributed by atoms with van der Waals surface area (Å²) in [5.41, 5.74) is 4.12. The Bertz CT molecular complexity index is 1070. The second-order valence-corrected chi connectivity index (χ2v) is 8.43. The molecule has 0 bridgehead atoms. The Balaban J connectivity index is 1.66. The molecular formula is C22H22N2O3S. The van der Waals surface area contributed by atoms with E-state index in [4.69, 9.17) is 0 Å². The van der Waals surface area contributed by atoms with Gasteiger partial charge in [-0.25, -0.2) is 13.1 Å². The number of carbonyl (C=O) groups excluding carboxylic acids is 1. The minimum Gasteiger partial charge on any atom is -0.322 e. The summed E-state index contributed by atoms with van der Waals surface area (Å²) in [6.45, 7) is 4.13. The molecule has 0 saturated carbocycles. The van der Waals surface area contributed by atoms with E-state index in [0.29, 0.717) is 11.3 Å². The average molecular weight is 394 g/mol. The van der Waals surface area contributed by atoms with Crippen molar-refractivity contribution in [1.29, 1.82) is 0 Å². The molecule has 144 valence electrons. The van der Waals surface area contributed by atoms with Gasteiger partial charge in [0, 0.05) is 17.8 Å². The number of anilines is 1. The van der Waals surface area contributed by atoms with Crippen LogP contribution in [0.25, 0.3) is 0 Å². The number of nitrogens with one attached hydrogen (secondary N) is 2. The lowest BCUT2D eigenvalue weighted by atomic mass is 10.2. The highest BCUT2D eigenvalue weighted by Gasteiger charge is 2.15. The van der Waals surface area contributed by atoms with Crippen LogP contribution in [-0.4, -0.2) is 14.3 Å². The van der Waals surface area contributed by atoms with Crippen LogP contribution >= 0.6 is 0 Å². The van der Waals surface area contributed by atoms with Crippen molar-refractivity contribution in [3.05, 3.63) is 95.1 Å². The van der Waals surface area contributed by atoms with Crippen molar-refractivity contribution < 1.29 is 13.2 Å². The summed E-state index contributed by atoms with van der Waals surface area (Å²) >= 11 is 0. The molecular weight excluding hydrogens is 372 g/mol. The number of carbonyl (C=O) groups is 1. The maximum absolute atomic E-state index is 12.5. The Morgan fingerprint density at radius 1 is 0.857 bits per heavy atom. The quantitative estimate of drug-likeness (QED) is 0.663. The highest BCUT2D eigenvalue weighted by molar-refractivity contribution is 7.89. The lowest BCUT2D eigenvalue weighted by Gasteiger charge is -2.09. The highest BCUT2D eigenvalue weighted by Crippen LogP contribution is 2.15. The van der Waals surface area contributed by atoms with E-state index in [-0.39, 0.29) is 17.3 Å². The van der Waals surface area contributed by atoms with Crippen LogP contribution in [0.3, 0.4) is 0 Å². The van der Waals surface area contributed by atoms with Gasteiger partial charge in [0.25, 0.3) is 5.91 Å². The molecule has 0 aliphatic carbocycles. The van der Waals surface area contributed by atoms with Crippen molar-refractivity contribution in [2.75, 3.05) is 5.32 Å². The number of rotatable bonds is 6. The SMILES string of the molecule is Cc1ccc(CNS(=O)(=O)c2ccc(C(=O)Nc3cccc(C)c3)cc2)cc1. The summed E-state index contributed by atoms with van der Waals surface area (Å²) < 4.78 is 27.5. The molecule has 0 aliphatic heterocycles. The first-order valence-electron chi connectivity index (χ1n) is 8.87. The number of hydrogen-bond donors (Lipinski definition) is 2. The third kappa shape index (κ3) is 5.06. The molecule has 3 aromatic carbocycles. The fourth-order valence-electron chi connectivity index (χ4n) is 2.68. The summed E-state index contributed by atoms with van der Waals surface area (Å²) in [4.78, 5) is 12.5. The van der Waals surface area contributed by atoms with Gasteiger partial charge in [0.1, 0.15) is 0 Å². The minimum absolute atomic E-state index is 0.117. The normalized spacial score (nSPS) is 11.2. The van der Waals surface area contributed by atoms with E-state index in [1.165, 1.54) is 24.3 Å². The fourth-order valence-corrected chi connectivity index (χ4v) is 3.70. The molecule has 0 spiro atoms. The van der Waals surface area contributed by atoms with Gasteiger partial charge in [-0.1, -0.05) is 42.0 Å². The minimum atomic E-state index is -3.66. The monoisotopic (exact) mass is 394 g/mol. The van der Waals surface area contributed by atoms with Crippen LogP contribution in [0.1, 0.15) is 27.0 Å². The van der Waals surface area contributed by atoms with Crippen LogP contribution in [0.5, 0.6) is 0 Å². The van der Waals surface area contributed by atoms with Crippen molar-refractivity contribution >= 4 is 21.6 Å². The van der Waals surface area contributed by atoms with Gasteiger partial charge in [0.2, 0.25) is 10.0 Å². The Kier molecular flexibility index (Phi) is 5.92. The van der Waals surface area contributed by atoms with E-state index in [9.17, 15) is 13.2 Å². The molecule has 0 radical (unpaired) electrons. The lowest BCUT2D eigenvalue weighted by molar-refractivity contribution is 0.102. The summed E-state index contributed by atoms with van der Waals surface area (Å²) in [6, 6.07) is 21.0. The predicted molar refractivity (Wildman–Crippen MR) is 111 cm³/mol. The maximum Gasteiger partial charge on any atom is 0.255 e. The molecule has 0 atom stereocenters. The van der Waals surface area contributed by atoms with Gasteiger partial charge >= 0.3 is 0 Å². The lowest BCUT2D eigenvalue weighted by Crippen LogP contribution is -2.23. The number of sulfonamides is 1. The molecule has 5 nitrogen and oxygen atoms in total. The van der Waals surface area contributed by atoms with Crippen molar-refractivity contribution in [3.8, 4) is 0 Å². The van der Waals surface area contributed by atoms with Gasteiger partial charge in [-0.2, -0.15) is 0 Å². The Morgan fingerprint density at radius 2 is 1.54 bits per heavy atom. The molecule has 28 heavy (non-hydrogen) atoms. The van der Waals surface area contributed by atoms with E-state index in [2.05, 4.69) is 10.0 Å². The number of hydrogen-bond acceptors (Lipinski definition) is 3. The molecule has 0 unspecified atom stereocenters. The zero-order chi connectivity index (χ0) is 20.1. The van der Waals surface area contributed by atoms with Crippen molar-refractivity contribution in [1.82, 2.24) is 4.72 Å². The molecule has 0 aromatic heterocycles. The Hall–Kier alpha value is -2.96. The number of amides is 1. The molecule has 2 N–H and O–H groups in total. The van der Waals surface area contributed by atoms with E-state index in [1.807, 2.05) is 56.3 Å². The third-order valence-corrected chi connectivity index (χ3v) is 5.71. The largest absolute Gasteiger partial charge is 0.322 e. The predicted octanol–water partition coefficient (Wildman–Crippen LogP) is 4.03. The summed E-state index contributed by atoms with van der Waals surface area (Å²) in [7, 11) is -3.66. The third-order valence-electron chi connectivity index (χ3n) is 4.29. The van der Waals surface area contributed by atoms with Gasteiger partial charge < -0.3 is 5.32 Å². The molecule has 1 amide bonds. The smallest absolute Gasteiger partial charge is 0.255 e. The van der Waals surface area contributed by atoms with Crippen LogP contribution in [0.2, 0.25) is 0 Å². The first-order valence-corrected chi connectivity index (χ1v) is 10.4. The summed E-state index contributed by atoms with van der Waals surface area (Å²) in [5, 5.41) is 2.80. The van der Waals surface area contributed by atoms with E-state index in [1.54, 1.807) is 6.07 Å². The van der Waals surface area contributed by atoms with Crippen molar-refractivity contribution in [2.24, 2.45) is 0 Å². The Labute approximate surface area is 165 Å². The van der Waals surface area contributed by atoms with Gasteiger partial charge in [0.15, 0.2) is 0 Å². The highest BCUT2D eigenvalue weighted by atomic mass is 32.2. The van der Waals surface area contributed by atoms with E-state index >= 15 is 0 Å². The van der Waals surface area contributed by atoms with Crippen LogP contribution in [0.4, 0.5) is 5.69 Å². The van der Waals surface area contributed by atoms with E-state index < -0.39 is 10.0 Å². The molecule has 6 heteroatoms. The fraction of sp³-hybridized carbons (Fsp3) is 0.136. The molecule has 0 heterocycles. The Morgan fingerprint density at radius 3 is 2.18 bits per heavy atom. The topological polar surface area (TPSA) is 75.3 Å². The van der Waals surface area contributed by atoms with Crippen LogP contribution in [-0.2, 0) is 16.6 Å². The number of aryl methyl sites for hydroxylation is 2. The second-order valence-electron chi connectivity index (χ2n) is 6.66. The first-order chi connectivity index (χ1) is 13.3. The van der Waals surface area contributed by atoms with E-state index in [0.717, 1.165) is 16.7 Å². The maximum atomic E-state index is 12.5. The molecule has 0 aliphatic rings. The van der Waals surface area contributed by atoms with Crippen LogP contribution < -0.4 is 10.0 Å². The van der Waals surface area contributed by atoms with Crippen molar-refractivity contribution in [2.45, 2.75) is 25.3 Å². The molecule has 0 fully saturated rings. The van der Waals surface area contributed by atoms with Gasteiger partial charge in [-0.15, -0.1) is 0 Å². The van der Waals surface area contributed by atoms with Gasteiger partial charge in [0.05, 0.1) is 4.90 Å². The molecule has 3 rings (SSSR count). The van der Waals surface area contributed by atoms with Gasteiger partial charge in [-0.05, 0) is 61.4 Å². The first kappa shape index (κ1) is 19.8. The van der Waals surface area contributed by atoms with Crippen LogP contribution in [0, 0.1) is 13.8 Å².